The molecular formula is C29H23BrCl2N4O7S. The number of anilines is 1. The van der Waals surface area contributed by atoms with Gasteiger partial charge < -0.3 is 9.47 Å². The minimum atomic E-state index is -4.52. The molecule has 0 aliphatic rings. The fourth-order valence-electron chi connectivity index (χ4n) is 3.94. The quantitative estimate of drug-likeness (QED) is 0.0988. The number of benzene rings is 4. The molecule has 0 saturated carbocycles. The van der Waals surface area contributed by atoms with E-state index in [9.17, 15) is 23.3 Å². The van der Waals surface area contributed by atoms with E-state index >= 15 is 0 Å². The van der Waals surface area contributed by atoms with E-state index in [1.54, 1.807) is 48.5 Å². The highest BCUT2D eigenvalue weighted by Crippen LogP contribution is 2.37. The number of sulfonamides is 1. The monoisotopic (exact) mass is 720 g/mol. The second-order valence-electron chi connectivity index (χ2n) is 8.92. The highest BCUT2D eigenvalue weighted by Gasteiger charge is 2.33. The van der Waals surface area contributed by atoms with Crippen molar-refractivity contribution in [3.8, 4) is 11.5 Å². The number of nitro groups is 1. The first-order valence-corrected chi connectivity index (χ1v) is 15.6. The van der Waals surface area contributed by atoms with Crippen LogP contribution in [-0.2, 0) is 21.4 Å². The number of carbonyl (C=O) groups excluding carboxylic acids is 1. The van der Waals surface area contributed by atoms with Crippen molar-refractivity contribution in [3.05, 3.63) is 121 Å². The maximum Gasteiger partial charge on any atom is 0.289 e. The molecule has 0 saturated heterocycles. The number of rotatable bonds is 12. The first-order chi connectivity index (χ1) is 21.0. The van der Waals surface area contributed by atoms with Crippen molar-refractivity contribution < 1.29 is 27.6 Å². The van der Waals surface area contributed by atoms with Crippen LogP contribution in [0, 0.1) is 10.1 Å². The van der Waals surface area contributed by atoms with Crippen molar-refractivity contribution in [1.82, 2.24) is 5.43 Å². The van der Waals surface area contributed by atoms with Crippen LogP contribution in [0.15, 0.2) is 99.4 Å². The standard InChI is InChI=1S/C29H23BrCl2N4O7S/c1-42-26-14-19(13-23(30)29(26)43-18-20-11-12-21(31)15-24(20)32)16-33-34-28(37)17-35(22-7-3-2-4-8-22)44(40,41)27-10-6-5-9-25(27)36(38)39/h2-16H,17-18H2,1H3,(H,34,37)/b33-16+. The maximum atomic E-state index is 13.6. The molecule has 0 bridgehead atoms. The summed E-state index contributed by atoms with van der Waals surface area (Å²) in [6.45, 7) is -0.565. The van der Waals surface area contributed by atoms with Crippen LogP contribution in [-0.4, -0.2) is 39.1 Å². The van der Waals surface area contributed by atoms with Crippen LogP contribution in [0.25, 0.3) is 0 Å². The zero-order valence-corrected chi connectivity index (χ0v) is 26.7. The molecule has 0 aromatic heterocycles. The number of hydrazone groups is 1. The second kappa shape index (κ2) is 14.5. The van der Waals surface area contributed by atoms with Gasteiger partial charge in [-0.05, 0) is 64.0 Å². The molecule has 1 N–H and O–H groups in total. The lowest BCUT2D eigenvalue weighted by Crippen LogP contribution is -2.39. The Balaban J connectivity index is 1.51. The molecule has 4 aromatic rings. The van der Waals surface area contributed by atoms with Gasteiger partial charge in [0.2, 0.25) is 0 Å². The zero-order valence-electron chi connectivity index (χ0n) is 22.8. The third-order valence-electron chi connectivity index (χ3n) is 6.00. The second-order valence-corrected chi connectivity index (χ2v) is 12.5. The van der Waals surface area contributed by atoms with E-state index in [4.69, 9.17) is 32.7 Å². The number of methoxy groups -OCH3 is 1. The molecule has 4 rings (SSSR count). The fourth-order valence-corrected chi connectivity index (χ4v) is 6.56. The highest BCUT2D eigenvalue weighted by molar-refractivity contribution is 9.10. The molecular weight excluding hydrogens is 699 g/mol. The van der Waals surface area contributed by atoms with E-state index in [1.807, 2.05) is 0 Å². The largest absolute Gasteiger partial charge is 0.493 e. The minimum Gasteiger partial charge on any atom is -0.493 e. The molecule has 0 aliphatic heterocycles. The van der Waals surface area contributed by atoms with Crippen LogP contribution >= 0.6 is 39.1 Å². The van der Waals surface area contributed by atoms with Crippen molar-refractivity contribution in [2.24, 2.45) is 5.10 Å². The number of nitrogens with one attached hydrogen (secondary N) is 1. The first kappa shape index (κ1) is 32.7. The lowest BCUT2D eigenvalue weighted by molar-refractivity contribution is -0.387. The number of ether oxygens (including phenoxy) is 2. The van der Waals surface area contributed by atoms with Gasteiger partial charge in [-0.2, -0.15) is 5.10 Å². The van der Waals surface area contributed by atoms with Gasteiger partial charge >= 0.3 is 0 Å². The van der Waals surface area contributed by atoms with Crippen molar-refractivity contribution in [1.29, 1.82) is 0 Å². The summed E-state index contributed by atoms with van der Waals surface area (Å²) in [5.41, 5.74) is 3.04. The van der Waals surface area contributed by atoms with Crippen molar-refractivity contribution in [3.63, 3.8) is 0 Å². The third kappa shape index (κ3) is 7.85. The number of para-hydroxylation sites is 2. The Labute approximate surface area is 271 Å². The minimum absolute atomic E-state index is 0.133. The molecule has 0 heterocycles. The molecule has 44 heavy (non-hydrogen) atoms. The summed E-state index contributed by atoms with van der Waals surface area (Å²) in [5.74, 6) is -0.0282. The first-order valence-electron chi connectivity index (χ1n) is 12.6. The van der Waals surface area contributed by atoms with E-state index in [-0.39, 0.29) is 12.3 Å². The average Bonchev–Trinajstić information content (AvgIpc) is 3.00. The van der Waals surface area contributed by atoms with E-state index < -0.39 is 38.0 Å². The maximum absolute atomic E-state index is 13.6. The normalized spacial score (nSPS) is 11.3. The number of halogens is 3. The van der Waals surface area contributed by atoms with Crippen molar-refractivity contribution in [2.75, 3.05) is 18.0 Å². The van der Waals surface area contributed by atoms with Gasteiger partial charge in [0.15, 0.2) is 16.4 Å². The van der Waals surface area contributed by atoms with E-state index in [1.165, 1.54) is 37.6 Å². The van der Waals surface area contributed by atoms with Crippen LogP contribution in [0.1, 0.15) is 11.1 Å². The Morgan fingerprint density at radius 1 is 1.07 bits per heavy atom. The zero-order chi connectivity index (χ0) is 31.9. The lowest BCUT2D eigenvalue weighted by Gasteiger charge is -2.23. The summed E-state index contributed by atoms with van der Waals surface area (Å²) in [6, 6.07) is 21.0. The summed E-state index contributed by atoms with van der Waals surface area (Å²) >= 11 is 15.6. The van der Waals surface area contributed by atoms with Crippen LogP contribution < -0.4 is 19.2 Å². The van der Waals surface area contributed by atoms with E-state index in [0.717, 1.165) is 16.4 Å². The molecule has 15 heteroatoms. The molecule has 1 amide bonds. The van der Waals surface area contributed by atoms with Crippen molar-refractivity contribution in [2.45, 2.75) is 11.5 Å². The highest BCUT2D eigenvalue weighted by atomic mass is 79.9. The average molecular weight is 722 g/mol. The number of nitro benzene ring substituents is 1. The predicted octanol–water partition coefficient (Wildman–Crippen LogP) is 6.60. The van der Waals surface area contributed by atoms with E-state index in [0.29, 0.717) is 37.1 Å². The molecule has 0 radical (unpaired) electrons. The number of nitrogens with zero attached hydrogens (tertiary/aromatic N) is 3. The smallest absolute Gasteiger partial charge is 0.289 e. The summed E-state index contributed by atoms with van der Waals surface area (Å²) in [7, 11) is -3.06. The molecule has 0 aliphatic carbocycles. The van der Waals surface area contributed by atoms with Crippen LogP contribution in [0.4, 0.5) is 11.4 Å². The van der Waals surface area contributed by atoms with Gasteiger partial charge in [-0.1, -0.05) is 59.6 Å². The number of amides is 1. The molecule has 0 fully saturated rings. The molecule has 11 nitrogen and oxygen atoms in total. The molecule has 4 aromatic carbocycles. The van der Waals surface area contributed by atoms with Gasteiger partial charge in [0.05, 0.1) is 28.4 Å². The molecule has 228 valence electrons. The topological polar surface area (TPSA) is 140 Å². The van der Waals surface area contributed by atoms with Gasteiger partial charge in [0, 0.05) is 21.7 Å². The molecule has 0 unspecified atom stereocenters. The number of hydrogen-bond donors (Lipinski definition) is 1. The number of hydrogen-bond acceptors (Lipinski definition) is 8. The predicted molar refractivity (Wildman–Crippen MR) is 171 cm³/mol. The Morgan fingerprint density at radius 2 is 1.77 bits per heavy atom. The van der Waals surface area contributed by atoms with E-state index in [2.05, 4.69) is 26.5 Å². The Hall–Kier alpha value is -4.17. The van der Waals surface area contributed by atoms with Gasteiger partial charge in [-0.3, -0.25) is 19.2 Å². The Bertz CT molecular complexity index is 1830. The summed E-state index contributed by atoms with van der Waals surface area (Å²) < 4.78 is 39.8. The lowest BCUT2D eigenvalue weighted by atomic mass is 10.2. The third-order valence-corrected chi connectivity index (χ3v) is 9.00. The summed E-state index contributed by atoms with van der Waals surface area (Å²) in [5, 5.41) is 16.4. The molecule has 0 atom stereocenters. The fraction of sp³-hybridized carbons (Fsp3) is 0.103. The summed E-state index contributed by atoms with van der Waals surface area (Å²) in [6.07, 6.45) is 1.33. The summed E-state index contributed by atoms with van der Waals surface area (Å²) in [4.78, 5) is 23.1. The van der Waals surface area contributed by atoms with Crippen LogP contribution in [0.2, 0.25) is 10.0 Å². The van der Waals surface area contributed by atoms with Crippen molar-refractivity contribution >= 4 is 72.7 Å². The molecule has 0 spiro atoms. The number of carbonyl (C=O) groups is 1. The van der Waals surface area contributed by atoms with Crippen LogP contribution in [0.5, 0.6) is 11.5 Å². The van der Waals surface area contributed by atoms with Gasteiger partial charge in [0.25, 0.3) is 21.6 Å². The Kier molecular flexibility index (Phi) is 10.8. The Morgan fingerprint density at radius 3 is 2.45 bits per heavy atom. The van der Waals surface area contributed by atoms with Gasteiger partial charge in [-0.15, -0.1) is 0 Å². The van der Waals surface area contributed by atoms with Gasteiger partial charge in [0.1, 0.15) is 13.2 Å². The van der Waals surface area contributed by atoms with Crippen LogP contribution in [0.3, 0.4) is 0 Å². The van der Waals surface area contributed by atoms with Gasteiger partial charge in [-0.25, -0.2) is 13.8 Å². The SMILES string of the molecule is COc1cc(/C=N/NC(=O)CN(c2ccccc2)S(=O)(=O)c2ccccc2[N+](=O)[O-])cc(Br)c1OCc1ccc(Cl)cc1Cl.